The van der Waals surface area contributed by atoms with Crippen LogP contribution >= 0.6 is 15.9 Å². The largest absolute Gasteiger partial charge is 1.00 e. The number of aromatic nitrogens is 3. The van der Waals surface area contributed by atoms with Gasteiger partial charge in [0.25, 0.3) is 0 Å². The number of aliphatic carboxylic acids is 1. The average Bonchev–Trinajstić information content (AvgIpc) is 0.788. The number of esters is 2. The molecule has 0 saturated heterocycles. The van der Waals surface area contributed by atoms with Crippen LogP contribution in [0.1, 0.15) is 38.9 Å². The zero-order valence-electron chi connectivity index (χ0n) is 52.0. The molecule has 0 amide bonds. The van der Waals surface area contributed by atoms with Crippen molar-refractivity contribution in [1.82, 2.24) is 15.0 Å². The van der Waals surface area contributed by atoms with Gasteiger partial charge in [-0.15, -0.1) is 0 Å². The number of pyridine rings is 3. The van der Waals surface area contributed by atoms with Crippen LogP contribution in [-0.4, -0.2) is 57.7 Å². The van der Waals surface area contributed by atoms with E-state index in [0.29, 0.717) is 16.7 Å². The summed E-state index contributed by atoms with van der Waals surface area (Å²) in [5, 5.41) is 49.1. The van der Waals surface area contributed by atoms with Gasteiger partial charge in [0, 0.05) is 109 Å². The van der Waals surface area contributed by atoms with Crippen LogP contribution in [0.5, 0.6) is 0 Å². The molecule has 0 aliphatic heterocycles. The van der Waals surface area contributed by atoms with Gasteiger partial charge in [-0.3, -0.25) is 15.0 Å². The fourth-order valence-corrected chi connectivity index (χ4v) is 10.8. The number of carbonyl (C=O) groups is 3. The molecule has 0 aliphatic carbocycles. The molecule has 0 atom stereocenters. The van der Waals surface area contributed by atoms with Gasteiger partial charge >= 0.3 is 36.8 Å². The van der Waals surface area contributed by atoms with Crippen molar-refractivity contribution in [3.05, 3.63) is 293 Å². The summed E-state index contributed by atoms with van der Waals surface area (Å²) >= 11 is 3.55. The first kappa shape index (κ1) is 69.8. The third kappa shape index (κ3) is 16.6. The van der Waals surface area contributed by atoms with Gasteiger partial charge in [-0.1, -0.05) is 168 Å². The van der Waals surface area contributed by atoms with Gasteiger partial charge in [-0.05, 0) is 140 Å². The van der Waals surface area contributed by atoms with Crippen molar-refractivity contribution in [2.45, 2.75) is 13.8 Å². The molecule has 0 radical (unpaired) electrons. The van der Waals surface area contributed by atoms with E-state index in [9.17, 15) is 30.2 Å². The normalized spacial score (nSPS) is 10.3. The number of methoxy groups -OCH3 is 2. The molecule has 0 unspecified atom stereocenters. The molecule has 0 fully saturated rings. The number of halogens is 1. The number of nitriles is 3. The summed E-state index contributed by atoms with van der Waals surface area (Å²) < 4.78 is 9.84. The van der Waals surface area contributed by atoms with Crippen molar-refractivity contribution >= 4 is 111 Å². The molecule has 3 heterocycles. The molecule has 0 bridgehead atoms. The van der Waals surface area contributed by atoms with E-state index in [2.05, 4.69) is 121 Å². The second-order valence-electron chi connectivity index (χ2n) is 20.7. The molecule has 3 aromatic heterocycles. The maximum atomic E-state index is 11.4. The van der Waals surface area contributed by atoms with Crippen LogP contribution in [0.3, 0.4) is 0 Å². The summed E-state index contributed by atoms with van der Waals surface area (Å²) in [6.45, 7) is 7.40. The van der Waals surface area contributed by atoms with E-state index in [0.717, 1.165) is 126 Å². The molecule has 15 heteroatoms. The third-order valence-corrected chi connectivity index (χ3v) is 15.6. The third-order valence-electron chi connectivity index (χ3n) is 15.1. The SMILES string of the molecule is C=CC(=O)OC.COC(=O)/C=C/c1ccc2cncc(-c3ccc(C#N)c4ccccc34)c2c1.Cc1ccccc1C.N#Cc1ccc(-c2cncc3ccc(/C=C/C(=O)O)cc23)c2ccccc12.N#Cc1ccc(-c2cncc3ccc(Br)cc23)c2ccccc12.[Li+].[OH-]. The number of carboxylic acid groups (broad SMARTS) is 1. The van der Waals surface area contributed by atoms with Crippen molar-refractivity contribution in [3.63, 3.8) is 0 Å². The summed E-state index contributed by atoms with van der Waals surface area (Å²) in [5.41, 5.74) is 12.5. The summed E-state index contributed by atoms with van der Waals surface area (Å²) in [6.07, 6.45) is 18.0. The second kappa shape index (κ2) is 33.4. The van der Waals surface area contributed by atoms with Gasteiger partial charge < -0.3 is 20.1 Å². The van der Waals surface area contributed by atoms with Crippen molar-refractivity contribution < 1.29 is 53.3 Å². The standard InChI is InChI=1S/C24H16N2O2.C23H14N2O2.C20H11BrN2.C8H10.C4H6O2.Li.H2O/c1-28-24(27)11-7-16-6-8-18-14-26-15-23(22(18)12-16)21-10-9-17(13-25)19-4-2-3-5-20(19)21;24-12-16-8-9-20(19-4-2-1-3-18(16)19)22-14-25-13-17-7-5-15(11-21(17)22)6-10-23(26)27;21-15-7-5-14-11-23-12-20(19(14)9-15)18-8-6-13(10-22)16-3-1-2-4-17(16)18;1-7-5-3-4-6-8(7)2;1-3-4(5)6-2;;/h2-12,14-15H,1H3;1-11,13-14H,(H,26,27);1-9,11-12H;3-6H,1-2H3;3H,1H2,2H3;;1H2/q;;;;;+1;/p-1/b11-7+;10-6+;;;;;. The van der Waals surface area contributed by atoms with Gasteiger partial charge in [0.1, 0.15) is 0 Å². The maximum Gasteiger partial charge on any atom is 1.00 e. The van der Waals surface area contributed by atoms with Crippen LogP contribution in [-0.2, 0) is 23.9 Å². The smallest absolute Gasteiger partial charge is 0.870 e. The topological polar surface area (TPSA) is 230 Å². The number of carbonyl (C=O) groups excluding carboxylic acids is 2. The number of hydrogen-bond acceptors (Lipinski definition) is 12. The molecule has 13 aromatic rings. The first-order valence-electron chi connectivity index (χ1n) is 28.7. The van der Waals surface area contributed by atoms with Crippen molar-refractivity contribution in [3.8, 4) is 51.6 Å². The molecular weight excluding hydrogens is 1230 g/mol. The number of ether oxygens (including phenoxy) is 2. The van der Waals surface area contributed by atoms with E-state index in [-0.39, 0.29) is 24.3 Å². The molecular formula is C79H58BrLiN6O7. The van der Waals surface area contributed by atoms with Crippen LogP contribution in [0, 0.1) is 47.8 Å². The molecule has 0 spiro atoms. The zero-order valence-corrected chi connectivity index (χ0v) is 53.5. The van der Waals surface area contributed by atoms with E-state index in [1.54, 1.807) is 24.5 Å². The zero-order chi connectivity index (χ0) is 65.1. The monoisotopic (exact) mass is 1290 g/mol. The second-order valence-corrected chi connectivity index (χ2v) is 21.6. The predicted octanol–water partition coefficient (Wildman–Crippen LogP) is 15.3. The molecule has 0 aliphatic rings. The maximum absolute atomic E-state index is 11.4. The Balaban J connectivity index is 0.000000179. The number of aryl methyl sites for hydroxylation is 2. The Morgan fingerprint density at radius 1 is 0.436 bits per heavy atom. The minimum absolute atomic E-state index is 0. The predicted molar refractivity (Wildman–Crippen MR) is 374 cm³/mol. The Kier molecular flexibility index (Phi) is 24.8. The van der Waals surface area contributed by atoms with Crippen LogP contribution in [0.4, 0.5) is 0 Å². The molecule has 10 aromatic carbocycles. The minimum Gasteiger partial charge on any atom is -0.870 e. The van der Waals surface area contributed by atoms with E-state index in [1.165, 1.54) is 31.4 Å². The summed E-state index contributed by atoms with van der Waals surface area (Å²) in [6, 6.07) is 68.2. The van der Waals surface area contributed by atoms with E-state index < -0.39 is 17.9 Å². The number of hydrogen-bond donors (Lipinski definition) is 1. The van der Waals surface area contributed by atoms with Crippen LogP contribution in [0.25, 0.3) is 110 Å². The number of carboxylic acids is 1. The molecule has 454 valence electrons. The van der Waals surface area contributed by atoms with Gasteiger partial charge in [-0.25, -0.2) is 14.4 Å². The quantitative estimate of drug-likeness (QED) is 0.0849. The Hall–Kier alpha value is -11.7. The fourth-order valence-electron chi connectivity index (χ4n) is 10.4. The number of fused-ring (bicyclic) bond motifs is 6. The summed E-state index contributed by atoms with van der Waals surface area (Å²) in [7, 11) is 2.66. The number of nitrogens with zero attached hydrogens (tertiary/aromatic N) is 6. The Labute approximate surface area is 564 Å². The van der Waals surface area contributed by atoms with Crippen molar-refractivity contribution in [2.75, 3.05) is 14.2 Å². The van der Waals surface area contributed by atoms with Gasteiger partial charge in [-0.2, -0.15) is 15.8 Å². The van der Waals surface area contributed by atoms with Gasteiger partial charge in [0.05, 0.1) is 49.1 Å². The summed E-state index contributed by atoms with van der Waals surface area (Å²) in [5.74, 6) is -1.77. The Morgan fingerprint density at radius 3 is 1.11 bits per heavy atom. The fraction of sp³-hybridized carbons (Fsp3) is 0.0506. The Morgan fingerprint density at radius 2 is 0.777 bits per heavy atom. The van der Waals surface area contributed by atoms with Gasteiger partial charge in [0.15, 0.2) is 0 Å². The van der Waals surface area contributed by atoms with Crippen LogP contribution in [0.15, 0.2) is 255 Å². The van der Waals surface area contributed by atoms with Crippen LogP contribution in [0.2, 0.25) is 0 Å². The first-order chi connectivity index (χ1) is 44.8. The molecule has 13 rings (SSSR count). The number of rotatable bonds is 8. The molecule has 0 saturated carbocycles. The number of benzene rings is 10. The van der Waals surface area contributed by atoms with E-state index in [4.69, 9.17) is 5.11 Å². The minimum atomic E-state index is -0.983. The average molecular weight is 1290 g/mol. The van der Waals surface area contributed by atoms with E-state index in [1.807, 2.05) is 170 Å². The first-order valence-corrected chi connectivity index (χ1v) is 29.5. The van der Waals surface area contributed by atoms with Crippen molar-refractivity contribution in [1.29, 1.82) is 15.8 Å². The molecule has 2 N–H and O–H groups in total. The van der Waals surface area contributed by atoms with Crippen LogP contribution < -0.4 is 18.9 Å². The van der Waals surface area contributed by atoms with Gasteiger partial charge in [0.2, 0.25) is 0 Å². The summed E-state index contributed by atoms with van der Waals surface area (Å²) in [4.78, 5) is 45.2. The van der Waals surface area contributed by atoms with Crippen molar-refractivity contribution in [2.24, 2.45) is 0 Å². The van der Waals surface area contributed by atoms with E-state index >= 15 is 0 Å². The Bertz CT molecular complexity index is 5160. The molecule has 13 nitrogen and oxygen atoms in total. The molecule has 94 heavy (non-hydrogen) atoms.